The van der Waals surface area contributed by atoms with Crippen molar-refractivity contribution in [1.29, 1.82) is 0 Å². The number of para-hydroxylation sites is 1. The van der Waals surface area contributed by atoms with Gasteiger partial charge >= 0.3 is 0 Å². The molecule has 0 fully saturated rings. The molecule has 0 saturated heterocycles. The zero-order chi connectivity index (χ0) is 19.8. The maximum atomic E-state index is 12.8. The first-order valence-electron chi connectivity index (χ1n) is 9.32. The molecule has 1 aromatic carbocycles. The lowest BCUT2D eigenvalue weighted by molar-refractivity contribution is -0.116. The molecular weight excluding hydrogens is 372 g/mol. The first-order chi connectivity index (χ1) is 13.6. The highest BCUT2D eigenvalue weighted by atomic mass is 32.1. The van der Waals surface area contributed by atoms with Crippen LogP contribution in [0.5, 0.6) is 0 Å². The molecule has 2 heterocycles. The predicted octanol–water partition coefficient (Wildman–Crippen LogP) is 3.29. The number of nitrogens with zero attached hydrogens (tertiary/aromatic N) is 2. The van der Waals surface area contributed by atoms with E-state index in [2.05, 4.69) is 15.7 Å². The summed E-state index contributed by atoms with van der Waals surface area (Å²) in [6.07, 6.45) is 3.53. The van der Waals surface area contributed by atoms with Gasteiger partial charge < -0.3 is 10.6 Å². The van der Waals surface area contributed by atoms with Crippen molar-refractivity contribution in [3.05, 3.63) is 59.6 Å². The van der Waals surface area contributed by atoms with Gasteiger partial charge in [0, 0.05) is 12.7 Å². The molecule has 3 rings (SSSR count). The van der Waals surface area contributed by atoms with Crippen LogP contribution in [0.15, 0.2) is 54.0 Å². The van der Waals surface area contributed by atoms with Gasteiger partial charge in [0.1, 0.15) is 11.5 Å². The van der Waals surface area contributed by atoms with Gasteiger partial charge in [-0.1, -0.05) is 24.3 Å². The van der Waals surface area contributed by atoms with Gasteiger partial charge in [0.25, 0.3) is 5.91 Å². The summed E-state index contributed by atoms with van der Waals surface area (Å²) in [5.74, 6) is 0.00659. The van der Waals surface area contributed by atoms with E-state index in [0.29, 0.717) is 24.3 Å². The Balaban J connectivity index is 1.64. The van der Waals surface area contributed by atoms with Crippen molar-refractivity contribution in [2.45, 2.75) is 19.8 Å². The number of aromatic nitrogens is 2. The maximum absolute atomic E-state index is 12.8. The summed E-state index contributed by atoms with van der Waals surface area (Å²) in [5.41, 5.74) is 2.18. The van der Waals surface area contributed by atoms with Crippen LogP contribution in [0.1, 0.15) is 30.1 Å². The van der Waals surface area contributed by atoms with Gasteiger partial charge in [0.2, 0.25) is 0 Å². The summed E-state index contributed by atoms with van der Waals surface area (Å²) >= 11 is 1.56. The molecule has 28 heavy (non-hydrogen) atoms. The largest absolute Gasteiger partial charge is 0.352 e. The topological polar surface area (TPSA) is 76.0 Å². The second-order valence-electron chi connectivity index (χ2n) is 6.49. The summed E-state index contributed by atoms with van der Waals surface area (Å²) in [5, 5.41) is 12.7. The summed E-state index contributed by atoms with van der Waals surface area (Å²) in [6, 6.07) is 13.7. The van der Waals surface area contributed by atoms with Crippen LogP contribution >= 0.6 is 11.3 Å². The molecule has 0 saturated carbocycles. The normalized spacial score (nSPS) is 10.8. The van der Waals surface area contributed by atoms with Crippen LogP contribution in [0.2, 0.25) is 0 Å². The van der Waals surface area contributed by atoms with Crippen LogP contribution < -0.4 is 10.6 Å². The van der Waals surface area contributed by atoms with Crippen molar-refractivity contribution in [2.75, 3.05) is 19.6 Å². The molecule has 0 aliphatic carbocycles. The monoisotopic (exact) mass is 396 g/mol. The Morgan fingerprint density at radius 3 is 2.57 bits per heavy atom. The molecule has 0 unspecified atom stereocenters. The van der Waals surface area contributed by atoms with Crippen LogP contribution in [0.4, 0.5) is 0 Å². The van der Waals surface area contributed by atoms with Gasteiger partial charge in [0.15, 0.2) is 0 Å². The molecule has 1 amide bonds. The fourth-order valence-corrected chi connectivity index (χ4v) is 3.51. The van der Waals surface area contributed by atoms with Crippen molar-refractivity contribution in [3.8, 4) is 16.3 Å². The Kier molecular flexibility index (Phi) is 7.11. The lowest BCUT2D eigenvalue weighted by Crippen LogP contribution is -2.26. The summed E-state index contributed by atoms with van der Waals surface area (Å²) in [4.78, 5) is 24.6. The Bertz CT molecular complexity index is 904. The van der Waals surface area contributed by atoms with Crippen LogP contribution in [-0.4, -0.2) is 41.1 Å². The fourth-order valence-electron chi connectivity index (χ4n) is 2.78. The molecule has 146 valence electrons. The van der Waals surface area contributed by atoms with E-state index in [4.69, 9.17) is 0 Å². The molecular formula is C21H24N4O2S. The Labute approximate surface area is 168 Å². The number of Topliss-reactive ketones (excluding diaryl/α,β-unsaturated/α-hetero) is 1. The van der Waals surface area contributed by atoms with E-state index in [1.54, 1.807) is 29.1 Å². The molecule has 2 aromatic heterocycles. The Morgan fingerprint density at radius 1 is 1.07 bits per heavy atom. The molecule has 0 radical (unpaired) electrons. The average Bonchev–Trinajstić information content (AvgIpc) is 3.37. The molecule has 7 heteroatoms. The van der Waals surface area contributed by atoms with Gasteiger partial charge in [-0.25, -0.2) is 4.68 Å². The summed E-state index contributed by atoms with van der Waals surface area (Å²) < 4.78 is 1.75. The van der Waals surface area contributed by atoms with Gasteiger partial charge in [-0.2, -0.15) is 5.10 Å². The van der Waals surface area contributed by atoms with E-state index in [9.17, 15) is 9.59 Å². The number of thiophene rings is 1. The quantitative estimate of drug-likeness (QED) is 0.516. The second-order valence-corrected chi connectivity index (χ2v) is 7.44. The third-order valence-electron chi connectivity index (χ3n) is 4.17. The lowest BCUT2D eigenvalue weighted by Gasteiger charge is -2.05. The molecule has 0 aliphatic heterocycles. The van der Waals surface area contributed by atoms with E-state index in [1.807, 2.05) is 47.8 Å². The van der Waals surface area contributed by atoms with Gasteiger partial charge in [-0.15, -0.1) is 11.3 Å². The zero-order valence-electron chi connectivity index (χ0n) is 15.9. The maximum Gasteiger partial charge on any atom is 0.255 e. The minimum absolute atomic E-state index is 0.123. The van der Waals surface area contributed by atoms with E-state index < -0.39 is 0 Å². The molecule has 2 N–H and O–H groups in total. The molecule has 6 nitrogen and oxygen atoms in total. The summed E-state index contributed by atoms with van der Waals surface area (Å²) in [6.45, 7) is 3.31. The lowest BCUT2D eigenvalue weighted by atomic mass is 10.2. The van der Waals surface area contributed by atoms with Crippen molar-refractivity contribution < 1.29 is 9.59 Å². The number of amides is 1. The van der Waals surface area contributed by atoms with Crippen molar-refractivity contribution in [1.82, 2.24) is 20.4 Å². The van der Waals surface area contributed by atoms with Gasteiger partial charge in [-0.3, -0.25) is 9.59 Å². The van der Waals surface area contributed by atoms with Gasteiger partial charge in [-0.05, 0) is 49.9 Å². The number of hydrogen-bond donors (Lipinski definition) is 2. The van der Waals surface area contributed by atoms with Crippen LogP contribution in [0.25, 0.3) is 16.3 Å². The third kappa shape index (κ3) is 5.37. The SMILES string of the molecule is CC(=O)CNCCCCNC(=O)c1cn(-c2ccccc2)nc1-c1cccs1. The first-order valence-corrected chi connectivity index (χ1v) is 10.2. The van der Waals surface area contributed by atoms with Crippen LogP contribution in [-0.2, 0) is 4.79 Å². The average molecular weight is 397 g/mol. The van der Waals surface area contributed by atoms with Crippen LogP contribution in [0, 0.1) is 0 Å². The minimum atomic E-state index is -0.123. The minimum Gasteiger partial charge on any atom is -0.352 e. The number of carbonyl (C=O) groups is 2. The highest BCUT2D eigenvalue weighted by molar-refractivity contribution is 7.13. The smallest absolute Gasteiger partial charge is 0.255 e. The highest BCUT2D eigenvalue weighted by Crippen LogP contribution is 2.27. The van der Waals surface area contributed by atoms with E-state index in [-0.39, 0.29) is 11.7 Å². The number of hydrogen-bond acceptors (Lipinski definition) is 5. The number of carbonyl (C=O) groups excluding carboxylic acids is 2. The molecule has 0 aliphatic rings. The number of benzene rings is 1. The van der Waals surface area contributed by atoms with Crippen molar-refractivity contribution in [2.24, 2.45) is 0 Å². The number of unbranched alkanes of at least 4 members (excludes halogenated alkanes) is 1. The zero-order valence-corrected chi connectivity index (χ0v) is 16.7. The van der Waals surface area contributed by atoms with Crippen molar-refractivity contribution >= 4 is 23.0 Å². The molecule has 3 aromatic rings. The van der Waals surface area contributed by atoms with E-state index in [1.165, 1.54) is 0 Å². The number of rotatable bonds is 10. The standard InChI is InChI=1S/C21H24N4O2S/c1-16(26)14-22-11-5-6-12-23-21(27)18-15-25(17-8-3-2-4-9-17)24-20(18)19-10-7-13-28-19/h2-4,7-10,13,15,22H,5-6,11-12,14H2,1H3,(H,23,27). The van der Waals surface area contributed by atoms with Gasteiger partial charge in [0.05, 0.1) is 22.7 Å². The fraction of sp³-hybridized carbons (Fsp3) is 0.286. The number of nitrogens with one attached hydrogen (secondary N) is 2. The summed E-state index contributed by atoms with van der Waals surface area (Å²) in [7, 11) is 0. The first kappa shape index (κ1) is 20.0. The molecule has 0 spiro atoms. The Hall–Kier alpha value is -2.77. The molecule has 0 atom stereocenters. The van der Waals surface area contributed by atoms with Crippen LogP contribution in [0.3, 0.4) is 0 Å². The van der Waals surface area contributed by atoms with E-state index in [0.717, 1.165) is 30.0 Å². The van der Waals surface area contributed by atoms with E-state index >= 15 is 0 Å². The second kappa shape index (κ2) is 9.96. The van der Waals surface area contributed by atoms with Crippen molar-refractivity contribution in [3.63, 3.8) is 0 Å². The Morgan fingerprint density at radius 2 is 1.86 bits per heavy atom. The predicted molar refractivity (Wildman–Crippen MR) is 112 cm³/mol. The number of ketones is 1. The highest BCUT2D eigenvalue weighted by Gasteiger charge is 2.19. The third-order valence-corrected chi connectivity index (χ3v) is 5.05. The molecule has 0 bridgehead atoms.